The van der Waals surface area contributed by atoms with Crippen LogP contribution in [-0.2, 0) is 12.8 Å². The lowest BCUT2D eigenvalue weighted by atomic mass is 10.2. The van der Waals surface area contributed by atoms with Crippen LogP contribution in [-0.4, -0.2) is 24.7 Å². The largest absolute Gasteiger partial charge is 0.337 e. The molecular weight excluding hydrogens is 300 g/mol. The van der Waals surface area contributed by atoms with Gasteiger partial charge in [-0.15, -0.1) is 0 Å². The number of hydrogen-bond donors (Lipinski definition) is 1. The molecule has 0 saturated carbocycles. The summed E-state index contributed by atoms with van der Waals surface area (Å²) >= 11 is 0. The normalized spacial score (nSPS) is 13.3. The van der Waals surface area contributed by atoms with Crippen molar-refractivity contribution in [2.75, 3.05) is 5.32 Å². The first-order chi connectivity index (χ1) is 11.7. The van der Waals surface area contributed by atoms with Gasteiger partial charge < -0.3 is 5.32 Å². The van der Waals surface area contributed by atoms with Gasteiger partial charge in [0, 0.05) is 41.5 Å². The third kappa shape index (κ3) is 2.75. The Labute approximate surface area is 141 Å². The third-order valence-corrected chi connectivity index (χ3v) is 4.26. The maximum atomic E-state index is 4.78. The van der Waals surface area contributed by atoms with E-state index < -0.39 is 0 Å². The first kappa shape index (κ1) is 14.8. The van der Waals surface area contributed by atoms with Crippen LogP contribution in [0.5, 0.6) is 0 Å². The zero-order chi connectivity index (χ0) is 16.5. The monoisotopic (exact) mass is 320 g/mol. The summed E-state index contributed by atoms with van der Waals surface area (Å²) in [5.41, 5.74) is 4.32. The molecule has 3 aromatic heterocycles. The molecule has 0 aromatic carbocycles. The molecule has 0 saturated heterocycles. The molecule has 1 aliphatic carbocycles. The number of aromatic nitrogens is 5. The van der Waals surface area contributed by atoms with E-state index in [0.29, 0.717) is 6.04 Å². The summed E-state index contributed by atoms with van der Waals surface area (Å²) in [6.45, 7) is 4.22. The second-order valence-electron chi connectivity index (χ2n) is 6.34. The molecule has 122 valence electrons. The lowest BCUT2D eigenvalue weighted by Gasteiger charge is -2.11. The van der Waals surface area contributed by atoms with Gasteiger partial charge in [-0.25, -0.2) is 9.97 Å². The van der Waals surface area contributed by atoms with Crippen molar-refractivity contribution in [2.24, 2.45) is 0 Å². The van der Waals surface area contributed by atoms with Gasteiger partial charge in [0.15, 0.2) is 5.82 Å². The minimum atomic E-state index is 0.337. The summed E-state index contributed by atoms with van der Waals surface area (Å²) in [5, 5.41) is 7.83. The molecule has 0 atom stereocenters. The molecule has 0 aliphatic heterocycles. The van der Waals surface area contributed by atoms with Gasteiger partial charge in [-0.1, -0.05) is 0 Å². The third-order valence-electron chi connectivity index (χ3n) is 4.26. The average molecular weight is 320 g/mol. The van der Waals surface area contributed by atoms with Gasteiger partial charge in [-0.05, 0) is 45.2 Å². The van der Waals surface area contributed by atoms with Gasteiger partial charge in [0.25, 0.3) is 0 Å². The fourth-order valence-electron chi connectivity index (χ4n) is 2.99. The van der Waals surface area contributed by atoms with Crippen LogP contribution in [0.2, 0.25) is 0 Å². The molecule has 0 unspecified atom stereocenters. The number of fused-ring (bicyclic) bond motifs is 1. The van der Waals surface area contributed by atoms with Gasteiger partial charge in [0.2, 0.25) is 0 Å². The highest BCUT2D eigenvalue weighted by Crippen LogP contribution is 2.30. The Balaban J connectivity index is 1.72. The molecule has 24 heavy (non-hydrogen) atoms. The number of hydrogen-bond acceptors (Lipinski definition) is 5. The van der Waals surface area contributed by atoms with E-state index in [9.17, 15) is 0 Å². The van der Waals surface area contributed by atoms with Gasteiger partial charge in [-0.2, -0.15) is 5.10 Å². The predicted octanol–water partition coefficient (Wildman–Crippen LogP) is 3.55. The van der Waals surface area contributed by atoms with E-state index in [1.165, 1.54) is 5.56 Å². The van der Waals surface area contributed by atoms with Crippen LogP contribution >= 0.6 is 0 Å². The lowest BCUT2D eigenvalue weighted by molar-refractivity contribution is 0.532. The minimum absolute atomic E-state index is 0.337. The summed E-state index contributed by atoms with van der Waals surface area (Å²) in [4.78, 5) is 13.6. The molecule has 0 radical (unpaired) electrons. The smallest absolute Gasteiger partial charge is 0.161 e. The van der Waals surface area contributed by atoms with Crippen LogP contribution in [0.4, 0.5) is 11.5 Å². The Morgan fingerprint density at radius 3 is 2.71 bits per heavy atom. The first-order valence-electron chi connectivity index (χ1n) is 8.32. The average Bonchev–Trinajstić information content (AvgIpc) is 3.24. The highest BCUT2D eigenvalue weighted by molar-refractivity contribution is 5.64. The molecule has 0 amide bonds. The molecule has 3 aromatic rings. The summed E-state index contributed by atoms with van der Waals surface area (Å²) in [6.07, 6.45) is 10.6. The van der Waals surface area contributed by atoms with E-state index in [1.54, 1.807) is 12.4 Å². The van der Waals surface area contributed by atoms with E-state index in [0.717, 1.165) is 47.8 Å². The van der Waals surface area contributed by atoms with Crippen molar-refractivity contribution in [2.45, 2.75) is 39.2 Å². The molecule has 6 nitrogen and oxygen atoms in total. The summed E-state index contributed by atoms with van der Waals surface area (Å²) in [5.74, 6) is 1.64. The van der Waals surface area contributed by atoms with Gasteiger partial charge in [0.05, 0.1) is 11.9 Å². The van der Waals surface area contributed by atoms with Crippen molar-refractivity contribution < 1.29 is 0 Å². The molecule has 1 aliphatic rings. The number of nitrogens with zero attached hydrogens (tertiary/aromatic N) is 5. The van der Waals surface area contributed by atoms with Crippen molar-refractivity contribution in [3.8, 4) is 11.4 Å². The molecule has 4 rings (SSSR count). The Morgan fingerprint density at radius 1 is 1.12 bits per heavy atom. The van der Waals surface area contributed by atoms with Crippen LogP contribution in [0.1, 0.15) is 37.6 Å². The van der Waals surface area contributed by atoms with Crippen LogP contribution in [0.25, 0.3) is 11.4 Å². The quantitative estimate of drug-likeness (QED) is 0.796. The van der Waals surface area contributed by atoms with Crippen molar-refractivity contribution in [3.63, 3.8) is 0 Å². The van der Waals surface area contributed by atoms with E-state index in [4.69, 9.17) is 9.97 Å². The number of aryl methyl sites for hydroxylation is 1. The predicted molar refractivity (Wildman–Crippen MR) is 93.2 cm³/mol. The maximum Gasteiger partial charge on any atom is 0.161 e. The molecule has 0 fully saturated rings. The Hall–Kier alpha value is -2.76. The van der Waals surface area contributed by atoms with E-state index in [2.05, 4.69) is 29.2 Å². The van der Waals surface area contributed by atoms with Crippen molar-refractivity contribution >= 4 is 11.5 Å². The zero-order valence-electron chi connectivity index (χ0n) is 13.9. The van der Waals surface area contributed by atoms with Crippen molar-refractivity contribution in [1.82, 2.24) is 24.7 Å². The van der Waals surface area contributed by atoms with Crippen molar-refractivity contribution in [1.29, 1.82) is 0 Å². The van der Waals surface area contributed by atoms with Crippen LogP contribution in [0.15, 0.2) is 36.9 Å². The van der Waals surface area contributed by atoms with E-state index in [1.807, 2.05) is 29.2 Å². The first-order valence-corrected chi connectivity index (χ1v) is 8.32. The number of rotatable bonds is 4. The fraction of sp³-hybridized carbons (Fsp3) is 0.333. The standard InChI is InChI=1S/C18H20N6/c1-12(2)24-11-14(10-20-24)21-18-15-4-3-5-16(15)22-17(23-18)13-6-8-19-9-7-13/h6-12H,3-5H2,1-2H3,(H,21,22,23). The summed E-state index contributed by atoms with van der Waals surface area (Å²) in [6, 6.07) is 4.22. The highest BCUT2D eigenvalue weighted by atomic mass is 15.3. The van der Waals surface area contributed by atoms with E-state index >= 15 is 0 Å². The molecule has 0 spiro atoms. The Morgan fingerprint density at radius 2 is 1.96 bits per heavy atom. The van der Waals surface area contributed by atoms with Crippen LogP contribution < -0.4 is 5.32 Å². The second-order valence-corrected chi connectivity index (χ2v) is 6.34. The van der Waals surface area contributed by atoms with Crippen LogP contribution in [0, 0.1) is 0 Å². The molecule has 1 N–H and O–H groups in total. The number of anilines is 2. The summed E-state index contributed by atoms with van der Waals surface area (Å²) < 4.78 is 1.94. The molecule has 3 heterocycles. The van der Waals surface area contributed by atoms with Crippen molar-refractivity contribution in [3.05, 3.63) is 48.2 Å². The van der Waals surface area contributed by atoms with Gasteiger partial charge in [0.1, 0.15) is 5.82 Å². The van der Waals surface area contributed by atoms with Crippen LogP contribution in [0.3, 0.4) is 0 Å². The molecule has 0 bridgehead atoms. The second kappa shape index (κ2) is 6.03. The minimum Gasteiger partial charge on any atom is -0.337 e. The SMILES string of the molecule is CC(C)n1cc(Nc2nc(-c3ccncc3)nc3c2CCC3)cn1. The fourth-order valence-corrected chi connectivity index (χ4v) is 2.99. The summed E-state index contributed by atoms with van der Waals surface area (Å²) in [7, 11) is 0. The topological polar surface area (TPSA) is 68.5 Å². The molecular formula is C18H20N6. The Bertz CT molecular complexity index is 853. The van der Waals surface area contributed by atoms with Gasteiger partial charge in [-0.3, -0.25) is 9.67 Å². The maximum absolute atomic E-state index is 4.78. The van der Waals surface area contributed by atoms with E-state index in [-0.39, 0.29) is 0 Å². The van der Waals surface area contributed by atoms with Gasteiger partial charge >= 0.3 is 0 Å². The number of nitrogens with one attached hydrogen (secondary N) is 1. The number of pyridine rings is 1. The molecule has 6 heteroatoms. The highest BCUT2D eigenvalue weighted by Gasteiger charge is 2.20. The lowest BCUT2D eigenvalue weighted by Crippen LogP contribution is -2.04. The Kier molecular flexibility index (Phi) is 3.72. The zero-order valence-corrected chi connectivity index (χ0v) is 13.9.